The fraction of sp³-hybridized carbons (Fsp3) is 0.296. The molecule has 210 valence electrons. The molecule has 1 fully saturated rings. The molecule has 13 heteroatoms. The van der Waals surface area contributed by atoms with Gasteiger partial charge in [-0.15, -0.1) is 0 Å². The molecule has 1 aliphatic heterocycles. The van der Waals surface area contributed by atoms with Crippen molar-refractivity contribution < 1.29 is 14.7 Å². The fourth-order valence-electron chi connectivity index (χ4n) is 3.95. The van der Waals surface area contributed by atoms with Crippen LogP contribution in [-0.2, 0) is 0 Å². The van der Waals surface area contributed by atoms with E-state index in [2.05, 4.69) is 30.8 Å². The van der Waals surface area contributed by atoms with Gasteiger partial charge in [0.2, 0.25) is 5.95 Å². The highest BCUT2D eigenvalue weighted by Crippen LogP contribution is 2.27. The summed E-state index contributed by atoms with van der Waals surface area (Å²) in [6, 6.07) is 14.1. The van der Waals surface area contributed by atoms with Gasteiger partial charge < -0.3 is 30.9 Å². The van der Waals surface area contributed by atoms with Crippen LogP contribution >= 0.6 is 35.6 Å². The van der Waals surface area contributed by atoms with Crippen LogP contribution < -0.4 is 16.0 Å². The average molecular weight is 600 g/mol. The Morgan fingerprint density at radius 3 is 2.42 bits per heavy atom. The maximum atomic E-state index is 13.1. The van der Waals surface area contributed by atoms with Crippen molar-refractivity contribution in [3.05, 3.63) is 70.9 Å². The Bertz CT molecular complexity index is 1370. The lowest BCUT2D eigenvalue weighted by Gasteiger charge is -2.36. The molecule has 0 aliphatic carbocycles. The largest absolute Gasteiger partial charge is 0.393 e. The van der Waals surface area contributed by atoms with Crippen LogP contribution in [0.15, 0.2) is 54.7 Å². The number of hydrogen-bond acceptors (Lipinski definition) is 9. The number of piperazine rings is 1. The first-order valence-electron chi connectivity index (χ1n) is 12.6. The second kappa shape index (κ2) is 13.8. The third-order valence-corrected chi connectivity index (χ3v) is 8.10. The molecule has 0 bridgehead atoms. The molecule has 1 aliphatic rings. The van der Waals surface area contributed by atoms with E-state index < -0.39 is 6.10 Å². The number of benzene rings is 2. The lowest BCUT2D eigenvalue weighted by atomic mass is 10.1. The van der Waals surface area contributed by atoms with E-state index >= 15 is 0 Å². The number of nitrogens with one attached hydrogen (secondary N) is 3. The molecule has 4 rings (SSSR count). The molecule has 3 aromatic rings. The Balaban J connectivity index is 1.37. The summed E-state index contributed by atoms with van der Waals surface area (Å²) < 4.78 is 0.752. The topological polar surface area (TPSA) is 123 Å². The maximum absolute atomic E-state index is 13.1. The van der Waals surface area contributed by atoms with Gasteiger partial charge in [-0.25, -0.2) is 4.98 Å². The zero-order valence-corrected chi connectivity index (χ0v) is 24.4. The van der Waals surface area contributed by atoms with E-state index in [1.54, 1.807) is 62.5 Å². The van der Waals surface area contributed by atoms with Crippen molar-refractivity contribution >= 4 is 74.9 Å². The first kappa shape index (κ1) is 29.5. The Morgan fingerprint density at radius 2 is 1.75 bits per heavy atom. The van der Waals surface area contributed by atoms with Gasteiger partial charge in [-0.05, 0) is 43.3 Å². The molecular formula is C27H30ClN7O3S2. The van der Waals surface area contributed by atoms with Crippen LogP contribution in [0.3, 0.4) is 0 Å². The lowest BCUT2D eigenvalue weighted by Crippen LogP contribution is -2.49. The number of thiocarbonyl (C=S) groups is 1. The quantitative estimate of drug-likeness (QED) is 0.281. The highest BCUT2D eigenvalue weighted by atomic mass is 35.5. The molecular weight excluding hydrogens is 570 g/mol. The van der Waals surface area contributed by atoms with E-state index in [0.29, 0.717) is 71.2 Å². The molecule has 0 saturated carbocycles. The van der Waals surface area contributed by atoms with E-state index in [4.69, 9.17) is 23.8 Å². The Hall–Kier alpha value is -3.45. The standard InChI is InChI=1S/C27H30ClN7O3S2/c1-17(36)16-40-27(39)35-13-11-34(12-14-35)25(38)18-7-9-19(10-8-18)31-26-30-15-21(28)23(33-26)32-22-6-4-3-5-20(22)24(37)29-2/h3-10,15,17,36H,11-14,16H2,1-2H3,(H,29,37)(H2,30,31,32,33). The highest BCUT2D eigenvalue weighted by molar-refractivity contribution is 8.22. The molecule has 0 radical (unpaired) electrons. The van der Waals surface area contributed by atoms with Gasteiger partial charge in [0.25, 0.3) is 11.8 Å². The number of rotatable bonds is 8. The molecule has 2 amide bonds. The predicted octanol–water partition coefficient (Wildman–Crippen LogP) is 4.13. The molecule has 1 unspecified atom stereocenters. The van der Waals surface area contributed by atoms with Crippen LogP contribution in [0.4, 0.5) is 23.1 Å². The van der Waals surface area contributed by atoms with Gasteiger partial charge in [-0.1, -0.05) is 47.7 Å². The summed E-state index contributed by atoms with van der Waals surface area (Å²) in [5.41, 5.74) is 2.28. The number of amides is 2. The van der Waals surface area contributed by atoms with Crippen molar-refractivity contribution in [2.75, 3.05) is 49.6 Å². The summed E-state index contributed by atoms with van der Waals surface area (Å²) in [6.07, 6.45) is 1.06. The summed E-state index contributed by atoms with van der Waals surface area (Å²) in [4.78, 5) is 37.9. The van der Waals surface area contributed by atoms with Gasteiger partial charge in [-0.2, -0.15) is 4.98 Å². The van der Waals surface area contributed by atoms with Crippen molar-refractivity contribution in [2.24, 2.45) is 0 Å². The van der Waals surface area contributed by atoms with E-state index in [1.165, 1.54) is 18.0 Å². The average Bonchev–Trinajstić information content (AvgIpc) is 2.97. The number of anilines is 4. The minimum atomic E-state index is -0.411. The lowest BCUT2D eigenvalue weighted by molar-refractivity contribution is 0.0695. The first-order valence-corrected chi connectivity index (χ1v) is 14.4. The first-order chi connectivity index (χ1) is 19.2. The Kier molecular flexibility index (Phi) is 10.2. The number of carbonyl (C=O) groups excluding carboxylic acids is 2. The molecule has 40 heavy (non-hydrogen) atoms. The number of carbonyl (C=O) groups is 2. The summed E-state index contributed by atoms with van der Waals surface area (Å²) >= 11 is 13.2. The minimum Gasteiger partial charge on any atom is -0.393 e. The number of halogens is 1. The van der Waals surface area contributed by atoms with Crippen molar-refractivity contribution in [3.63, 3.8) is 0 Å². The molecule has 2 heterocycles. The normalized spacial score (nSPS) is 13.9. The Labute approximate surface area is 247 Å². The molecule has 2 aromatic carbocycles. The third-order valence-electron chi connectivity index (χ3n) is 6.06. The van der Waals surface area contributed by atoms with E-state index in [1.807, 2.05) is 4.90 Å². The monoisotopic (exact) mass is 599 g/mol. The minimum absolute atomic E-state index is 0.0437. The van der Waals surface area contributed by atoms with Crippen LogP contribution in [0.2, 0.25) is 5.02 Å². The molecule has 1 aromatic heterocycles. The van der Waals surface area contributed by atoms with Crippen LogP contribution in [0.25, 0.3) is 0 Å². The van der Waals surface area contributed by atoms with Gasteiger partial charge >= 0.3 is 0 Å². The third kappa shape index (κ3) is 7.60. The predicted molar refractivity (Wildman–Crippen MR) is 164 cm³/mol. The second-order valence-electron chi connectivity index (χ2n) is 9.05. The number of thioether (sulfide) groups is 1. The number of aliphatic hydroxyl groups is 1. The van der Waals surface area contributed by atoms with Crippen molar-refractivity contribution in [1.29, 1.82) is 0 Å². The van der Waals surface area contributed by atoms with E-state index in [0.717, 1.165) is 4.32 Å². The van der Waals surface area contributed by atoms with Gasteiger partial charge in [0.1, 0.15) is 9.34 Å². The van der Waals surface area contributed by atoms with Gasteiger partial charge in [0.15, 0.2) is 5.82 Å². The molecule has 4 N–H and O–H groups in total. The maximum Gasteiger partial charge on any atom is 0.253 e. The number of para-hydroxylation sites is 1. The molecule has 1 atom stereocenters. The number of nitrogens with zero attached hydrogens (tertiary/aromatic N) is 4. The summed E-state index contributed by atoms with van der Waals surface area (Å²) in [6.45, 7) is 4.21. The number of aliphatic hydroxyl groups excluding tert-OH is 1. The summed E-state index contributed by atoms with van der Waals surface area (Å²) in [7, 11) is 1.56. The van der Waals surface area contributed by atoms with Gasteiger partial charge in [0.05, 0.1) is 23.6 Å². The van der Waals surface area contributed by atoms with Crippen molar-refractivity contribution in [1.82, 2.24) is 25.1 Å². The molecule has 1 saturated heterocycles. The second-order valence-corrected chi connectivity index (χ2v) is 11.1. The highest BCUT2D eigenvalue weighted by Gasteiger charge is 2.24. The fourth-order valence-corrected chi connectivity index (χ4v) is 5.22. The van der Waals surface area contributed by atoms with Crippen LogP contribution in [0.5, 0.6) is 0 Å². The van der Waals surface area contributed by atoms with Crippen LogP contribution in [0.1, 0.15) is 27.6 Å². The number of hydrogen-bond donors (Lipinski definition) is 4. The molecule has 10 nitrogen and oxygen atoms in total. The zero-order chi connectivity index (χ0) is 28.6. The van der Waals surface area contributed by atoms with Gasteiger partial charge in [-0.3, -0.25) is 9.59 Å². The Morgan fingerprint density at radius 1 is 1.07 bits per heavy atom. The van der Waals surface area contributed by atoms with Crippen molar-refractivity contribution in [3.8, 4) is 0 Å². The zero-order valence-electron chi connectivity index (χ0n) is 22.1. The number of aromatic nitrogens is 2. The van der Waals surface area contributed by atoms with E-state index in [-0.39, 0.29) is 11.8 Å². The van der Waals surface area contributed by atoms with E-state index in [9.17, 15) is 14.7 Å². The smallest absolute Gasteiger partial charge is 0.253 e. The van der Waals surface area contributed by atoms with Crippen LogP contribution in [0, 0.1) is 0 Å². The van der Waals surface area contributed by atoms with Crippen LogP contribution in [-0.4, -0.2) is 86.1 Å². The SMILES string of the molecule is CNC(=O)c1ccccc1Nc1nc(Nc2ccc(C(=O)N3CCN(C(=S)SCC(C)O)CC3)cc2)ncc1Cl. The van der Waals surface area contributed by atoms with Gasteiger partial charge in [0, 0.05) is 50.2 Å². The summed E-state index contributed by atoms with van der Waals surface area (Å²) in [5.74, 6) is 0.911. The summed E-state index contributed by atoms with van der Waals surface area (Å²) in [5, 5.41) is 18.6. The van der Waals surface area contributed by atoms with Crippen molar-refractivity contribution in [2.45, 2.75) is 13.0 Å². The molecule has 0 spiro atoms.